The molecule has 2 aromatic carbocycles. The first-order valence-corrected chi connectivity index (χ1v) is 7.90. The Kier molecular flexibility index (Phi) is 6.83. The van der Waals surface area contributed by atoms with Crippen LogP contribution in [-0.4, -0.2) is 38.9 Å². The number of ether oxygens (including phenoxy) is 1. The molecule has 2 rings (SSSR count). The summed E-state index contributed by atoms with van der Waals surface area (Å²) in [6.07, 6.45) is 1.62. The Bertz CT molecular complexity index is 641. The Morgan fingerprint density at radius 3 is 2.50 bits per heavy atom. The van der Waals surface area contributed by atoms with E-state index in [1.807, 2.05) is 25.2 Å². The van der Waals surface area contributed by atoms with Gasteiger partial charge in [0.2, 0.25) is 0 Å². The molecule has 0 saturated heterocycles. The molecule has 0 aromatic heterocycles. The number of nitrogens with zero attached hydrogens (tertiary/aromatic N) is 1. The monoisotopic (exact) mass is 326 g/mol. The van der Waals surface area contributed by atoms with Crippen LogP contribution in [0, 0.1) is 0 Å². The fourth-order valence-corrected chi connectivity index (χ4v) is 2.20. The second kappa shape index (κ2) is 9.35. The van der Waals surface area contributed by atoms with E-state index >= 15 is 0 Å². The van der Waals surface area contributed by atoms with Gasteiger partial charge in [0.05, 0.1) is 0 Å². The van der Waals surface area contributed by atoms with Crippen LogP contribution in [0.2, 0.25) is 0 Å². The number of rotatable bonds is 9. The largest absolute Gasteiger partial charge is 0.484 e. The maximum Gasteiger partial charge on any atom is 0.257 e. The highest BCUT2D eigenvalue weighted by Gasteiger charge is 2.04. The number of nitrogens with one attached hydrogen (secondary N) is 1. The maximum absolute atomic E-state index is 11.7. The van der Waals surface area contributed by atoms with Crippen LogP contribution < -0.4 is 15.0 Å². The van der Waals surface area contributed by atoms with Crippen molar-refractivity contribution in [2.45, 2.75) is 6.42 Å². The molecule has 0 aliphatic rings. The summed E-state index contributed by atoms with van der Waals surface area (Å²) >= 11 is 0. The van der Waals surface area contributed by atoms with Crippen LogP contribution in [0.3, 0.4) is 0 Å². The Hall–Kier alpha value is -2.82. The SMILES string of the molecule is CN(CCCNC(=O)COc1ccc(C=O)cc1)c1ccccc1. The average molecular weight is 326 g/mol. The Morgan fingerprint density at radius 2 is 1.83 bits per heavy atom. The molecule has 0 aliphatic carbocycles. The number of hydrogen-bond acceptors (Lipinski definition) is 4. The van der Waals surface area contributed by atoms with E-state index in [2.05, 4.69) is 22.3 Å². The van der Waals surface area contributed by atoms with Crippen molar-refractivity contribution in [2.24, 2.45) is 0 Å². The first-order chi connectivity index (χ1) is 11.7. The molecular formula is C19H22N2O3. The molecule has 0 atom stereocenters. The second-order valence-corrected chi connectivity index (χ2v) is 5.44. The summed E-state index contributed by atoms with van der Waals surface area (Å²) in [4.78, 5) is 24.5. The van der Waals surface area contributed by atoms with E-state index in [0.717, 1.165) is 24.9 Å². The summed E-state index contributed by atoms with van der Waals surface area (Å²) in [5.41, 5.74) is 1.74. The van der Waals surface area contributed by atoms with Gasteiger partial charge in [-0.3, -0.25) is 9.59 Å². The predicted molar refractivity (Wildman–Crippen MR) is 94.7 cm³/mol. The first-order valence-electron chi connectivity index (χ1n) is 7.90. The number of carbonyl (C=O) groups excluding carboxylic acids is 2. The van der Waals surface area contributed by atoms with Crippen LogP contribution in [0.1, 0.15) is 16.8 Å². The highest BCUT2D eigenvalue weighted by molar-refractivity contribution is 5.77. The van der Waals surface area contributed by atoms with Crippen molar-refractivity contribution in [1.82, 2.24) is 5.32 Å². The fourth-order valence-electron chi connectivity index (χ4n) is 2.20. The van der Waals surface area contributed by atoms with Crippen LogP contribution in [0.5, 0.6) is 5.75 Å². The third-order valence-electron chi connectivity index (χ3n) is 3.58. The van der Waals surface area contributed by atoms with Gasteiger partial charge in [-0.25, -0.2) is 0 Å². The minimum atomic E-state index is -0.156. The summed E-state index contributed by atoms with van der Waals surface area (Å²) in [7, 11) is 2.03. The third-order valence-corrected chi connectivity index (χ3v) is 3.58. The molecular weight excluding hydrogens is 304 g/mol. The Balaban J connectivity index is 1.61. The number of anilines is 1. The lowest BCUT2D eigenvalue weighted by Gasteiger charge is -2.19. The van der Waals surface area contributed by atoms with Crippen molar-refractivity contribution in [1.29, 1.82) is 0 Å². The standard InChI is InChI=1S/C19H22N2O3/c1-21(17-6-3-2-4-7-17)13-5-12-20-19(23)15-24-18-10-8-16(14-22)9-11-18/h2-4,6-11,14H,5,12-13,15H2,1H3,(H,20,23). The lowest BCUT2D eigenvalue weighted by molar-refractivity contribution is -0.123. The van der Waals surface area contributed by atoms with Gasteiger partial charge in [0.15, 0.2) is 6.61 Å². The Morgan fingerprint density at radius 1 is 1.12 bits per heavy atom. The molecule has 1 N–H and O–H groups in total. The maximum atomic E-state index is 11.7. The smallest absolute Gasteiger partial charge is 0.257 e. The van der Waals surface area contributed by atoms with Gasteiger partial charge >= 0.3 is 0 Å². The van der Waals surface area contributed by atoms with Gasteiger partial charge < -0.3 is 15.0 Å². The van der Waals surface area contributed by atoms with Crippen LogP contribution >= 0.6 is 0 Å². The van der Waals surface area contributed by atoms with Gasteiger partial charge in [0, 0.05) is 31.4 Å². The number of carbonyl (C=O) groups is 2. The van der Waals surface area contributed by atoms with Gasteiger partial charge in [0.1, 0.15) is 12.0 Å². The third kappa shape index (κ3) is 5.76. The summed E-state index contributed by atoms with van der Waals surface area (Å²) in [6, 6.07) is 16.8. The molecule has 5 heteroatoms. The molecule has 0 heterocycles. The van der Waals surface area contributed by atoms with Gasteiger partial charge in [-0.15, -0.1) is 0 Å². The molecule has 126 valence electrons. The van der Waals surface area contributed by atoms with Crippen molar-refractivity contribution in [3.05, 3.63) is 60.2 Å². The zero-order chi connectivity index (χ0) is 17.2. The molecule has 5 nitrogen and oxygen atoms in total. The average Bonchev–Trinajstić information content (AvgIpc) is 2.64. The van der Waals surface area contributed by atoms with Gasteiger partial charge in [-0.2, -0.15) is 0 Å². The fraction of sp³-hybridized carbons (Fsp3) is 0.263. The van der Waals surface area contributed by atoms with Crippen LogP contribution in [0.15, 0.2) is 54.6 Å². The molecule has 0 radical (unpaired) electrons. The molecule has 0 bridgehead atoms. The van der Waals surface area contributed by atoms with E-state index in [4.69, 9.17) is 4.74 Å². The predicted octanol–water partition coefficient (Wildman–Crippen LogP) is 2.52. The van der Waals surface area contributed by atoms with E-state index in [-0.39, 0.29) is 12.5 Å². The summed E-state index contributed by atoms with van der Waals surface area (Å²) in [5, 5.41) is 2.84. The second-order valence-electron chi connectivity index (χ2n) is 5.44. The van der Waals surface area contributed by atoms with Crippen molar-refractivity contribution in [3.63, 3.8) is 0 Å². The number of benzene rings is 2. The van der Waals surface area contributed by atoms with E-state index in [0.29, 0.717) is 17.9 Å². The van der Waals surface area contributed by atoms with Crippen LogP contribution in [0.4, 0.5) is 5.69 Å². The van der Waals surface area contributed by atoms with Crippen LogP contribution in [-0.2, 0) is 4.79 Å². The van der Waals surface area contributed by atoms with Crippen molar-refractivity contribution >= 4 is 17.9 Å². The zero-order valence-electron chi connectivity index (χ0n) is 13.8. The lowest BCUT2D eigenvalue weighted by Crippen LogP contribution is -2.31. The van der Waals surface area contributed by atoms with Gasteiger partial charge in [0.25, 0.3) is 5.91 Å². The molecule has 0 saturated carbocycles. The number of amides is 1. The molecule has 0 aliphatic heterocycles. The normalized spacial score (nSPS) is 10.0. The van der Waals surface area contributed by atoms with Gasteiger partial charge in [-0.05, 0) is 42.8 Å². The minimum absolute atomic E-state index is 0.0328. The quantitative estimate of drug-likeness (QED) is 0.568. The van der Waals surface area contributed by atoms with Crippen molar-refractivity contribution < 1.29 is 14.3 Å². The summed E-state index contributed by atoms with van der Waals surface area (Å²) in [5.74, 6) is 0.413. The lowest BCUT2D eigenvalue weighted by atomic mass is 10.2. The van der Waals surface area contributed by atoms with E-state index in [9.17, 15) is 9.59 Å². The topological polar surface area (TPSA) is 58.6 Å². The number of aldehydes is 1. The summed E-state index contributed by atoms with van der Waals surface area (Å²) < 4.78 is 5.38. The molecule has 1 amide bonds. The first kappa shape index (κ1) is 17.5. The molecule has 0 unspecified atom stereocenters. The minimum Gasteiger partial charge on any atom is -0.484 e. The highest BCUT2D eigenvalue weighted by Crippen LogP contribution is 2.11. The molecule has 0 fully saturated rings. The molecule has 24 heavy (non-hydrogen) atoms. The highest BCUT2D eigenvalue weighted by atomic mass is 16.5. The van der Waals surface area contributed by atoms with E-state index in [1.165, 1.54) is 0 Å². The van der Waals surface area contributed by atoms with E-state index in [1.54, 1.807) is 24.3 Å². The molecule has 0 spiro atoms. The van der Waals surface area contributed by atoms with Crippen LogP contribution in [0.25, 0.3) is 0 Å². The number of para-hydroxylation sites is 1. The Labute approximate surface area is 142 Å². The number of hydrogen-bond donors (Lipinski definition) is 1. The zero-order valence-corrected chi connectivity index (χ0v) is 13.8. The van der Waals surface area contributed by atoms with E-state index < -0.39 is 0 Å². The molecule has 2 aromatic rings. The van der Waals surface area contributed by atoms with Crippen molar-refractivity contribution in [3.8, 4) is 5.75 Å². The van der Waals surface area contributed by atoms with Gasteiger partial charge in [-0.1, -0.05) is 18.2 Å². The summed E-state index contributed by atoms with van der Waals surface area (Å²) in [6.45, 7) is 1.43. The van der Waals surface area contributed by atoms with Crippen molar-refractivity contribution in [2.75, 3.05) is 31.6 Å².